The standard InChI is InChI=1S/C27H38N4O4/c1-27(2,3)35-25(32)24(30-26(33)34-20-21-8-5-4-6-9-21)10-7-15-29-22-13-18-31(19-14-22)23-11-16-28-17-12-23/h4-6,8-9,11-12,16-17,22,24,29H,7,10,13-15,18-20H2,1-3H3,(H,30,33)/t24-/m0/s1. The maximum absolute atomic E-state index is 12.7. The monoisotopic (exact) mass is 482 g/mol. The Morgan fingerprint density at radius 1 is 1.09 bits per heavy atom. The molecule has 1 aliphatic heterocycles. The zero-order chi connectivity index (χ0) is 25.1. The lowest BCUT2D eigenvalue weighted by Gasteiger charge is -2.34. The second kappa shape index (κ2) is 13.1. The molecule has 0 bridgehead atoms. The van der Waals surface area contributed by atoms with Crippen molar-refractivity contribution >= 4 is 17.7 Å². The Morgan fingerprint density at radius 3 is 2.43 bits per heavy atom. The number of alkyl carbamates (subject to hydrolysis) is 1. The number of amides is 1. The van der Waals surface area contributed by atoms with Gasteiger partial charge in [-0.05, 0) is 70.7 Å². The molecule has 1 saturated heterocycles. The Labute approximate surface area is 208 Å². The van der Waals surface area contributed by atoms with Gasteiger partial charge in [-0.2, -0.15) is 0 Å². The van der Waals surface area contributed by atoms with E-state index < -0.39 is 23.7 Å². The van der Waals surface area contributed by atoms with Crippen molar-refractivity contribution < 1.29 is 19.1 Å². The highest BCUT2D eigenvalue weighted by atomic mass is 16.6. The first-order valence-corrected chi connectivity index (χ1v) is 12.4. The number of anilines is 1. The van der Waals surface area contributed by atoms with E-state index in [1.807, 2.05) is 75.6 Å². The highest BCUT2D eigenvalue weighted by Crippen LogP contribution is 2.19. The number of pyridine rings is 1. The molecule has 2 heterocycles. The maximum Gasteiger partial charge on any atom is 0.408 e. The molecule has 8 heteroatoms. The molecule has 1 atom stereocenters. The number of benzene rings is 1. The van der Waals surface area contributed by atoms with E-state index in [0.29, 0.717) is 12.5 Å². The van der Waals surface area contributed by atoms with Crippen molar-refractivity contribution in [1.29, 1.82) is 0 Å². The molecular formula is C27H38N4O4. The summed E-state index contributed by atoms with van der Waals surface area (Å²) in [6, 6.07) is 13.2. The van der Waals surface area contributed by atoms with Gasteiger partial charge in [0.25, 0.3) is 0 Å². The zero-order valence-corrected chi connectivity index (χ0v) is 21.0. The molecule has 0 unspecified atom stereocenters. The number of esters is 1. The van der Waals surface area contributed by atoms with Gasteiger partial charge in [0.1, 0.15) is 18.2 Å². The lowest BCUT2D eigenvalue weighted by molar-refractivity contribution is -0.157. The van der Waals surface area contributed by atoms with Crippen molar-refractivity contribution in [3.05, 3.63) is 60.4 Å². The highest BCUT2D eigenvalue weighted by molar-refractivity contribution is 5.81. The van der Waals surface area contributed by atoms with Crippen LogP contribution in [-0.4, -0.2) is 54.4 Å². The Kier molecular flexibility index (Phi) is 9.90. The highest BCUT2D eigenvalue weighted by Gasteiger charge is 2.27. The number of nitrogens with zero attached hydrogens (tertiary/aromatic N) is 2. The molecule has 1 aliphatic rings. The van der Waals surface area contributed by atoms with Crippen LogP contribution in [0.2, 0.25) is 0 Å². The summed E-state index contributed by atoms with van der Waals surface area (Å²) in [7, 11) is 0. The van der Waals surface area contributed by atoms with Gasteiger partial charge in [0.15, 0.2) is 0 Å². The molecule has 0 spiro atoms. The van der Waals surface area contributed by atoms with Crippen LogP contribution in [0, 0.1) is 0 Å². The number of hydrogen-bond acceptors (Lipinski definition) is 7. The van der Waals surface area contributed by atoms with Gasteiger partial charge in [-0.25, -0.2) is 9.59 Å². The summed E-state index contributed by atoms with van der Waals surface area (Å²) in [6.07, 6.45) is 6.34. The van der Waals surface area contributed by atoms with Gasteiger partial charge in [0, 0.05) is 37.2 Å². The predicted molar refractivity (Wildman–Crippen MR) is 136 cm³/mol. The summed E-state index contributed by atoms with van der Waals surface area (Å²) in [5.41, 5.74) is 1.46. The molecule has 1 aromatic heterocycles. The smallest absolute Gasteiger partial charge is 0.408 e. The lowest BCUT2D eigenvalue weighted by Crippen LogP contribution is -2.45. The van der Waals surface area contributed by atoms with E-state index in [9.17, 15) is 9.59 Å². The van der Waals surface area contributed by atoms with Crippen LogP contribution >= 0.6 is 0 Å². The predicted octanol–water partition coefficient (Wildman–Crippen LogP) is 4.06. The second-order valence-electron chi connectivity index (χ2n) is 9.86. The molecule has 3 rings (SSSR count). The minimum absolute atomic E-state index is 0.146. The molecule has 0 radical (unpaired) electrons. The molecule has 1 fully saturated rings. The zero-order valence-electron chi connectivity index (χ0n) is 21.0. The number of piperidine rings is 1. The summed E-state index contributed by atoms with van der Waals surface area (Å²) in [4.78, 5) is 31.5. The van der Waals surface area contributed by atoms with E-state index in [4.69, 9.17) is 9.47 Å². The van der Waals surface area contributed by atoms with Gasteiger partial charge in [0.05, 0.1) is 0 Å². The SMILES string of the molecule is CC(C)(C)OC(=O)[C@H](CCCNC1CCN(c2ccncc2)CC1)NC(=O)OCc1ccccc1. The molecule has 0 aliphatic carbocycles. The van der Waals surface area contributed by atoms with Gasteiger partial charge in [0.2, 0.25) is 0 Å². The van der Waals surface area contributed by atoms with E-state index in [2.05, 4.69) is 20.5 Å². The second-order valence-corrected chi connectivity index (χ2v) is 9.86. The normalized spacial score (nSPS) is 15.3. The quantitative estimate of drug-likeness (QED) is 0.390. The van der Waals surface area contributed by atoms with E-state index in [-0.39, 0.29) is 6.61 Å². The van der Waals surface area contributed by atoms with Gasteiger partial charge in [-0.3, -0.25) is 4.98 Å². The van der Waals surface area contributed by atoms with E-state index in [1.54, 1.807) is 0 Å². The third-order valence-electron chi connectivity index (χ3n) is 5.82. The first-order valence-electron chi connectivity index (χ1n) is 12.4. The Morgan fingerprint density at radius 2 is 1.77 bits per heavy atom. The van der Waals surface area contributed by atoms with Crippen molar-refractivity contribution in [3.8, 4) is 0 Å². The van der Waals surface area contributed by atoms with Crippen LogP contribution in [0.4, 0.5) is 10.5 Å². The van der Waals surface area contributed by atoms with Crippen molar-refractivity contribution in [2.24, 2.45) is 0 Å². The molecule has 1 aromatic carbocycles. The van der Waals surface area contributed by atoms with E-state index >= 15 is 0 Å². The van der Waals surface area contributed by atoms with Crippen LogP contribution in [0.5, 0.6) is 0 Å². The van der Waals surface area contributed by atoms with Crippen LogP contribution in [0.1, 0.15) is 52.0 Å². The number of rotatable bonds is 10. The number of nitrogens with one attached hydrogen (secondary N) is 2. The van der Waals surface area contributed by atoms with Gasteiger partial charge in [-0.15, -0.1) is 0 Å². The number of carbonyl (C=O) groups excluding carboxylic acids is 2. The summed E-state index contributed by atoms with van der Waals surface area (Å²) in [5, 5.41) is 6.30. The van der Waals surface area contributed by atoms with Crippen LogP contribution in [0.25, 0.3) is 0 Å². The average Bonchev–Trinajstić information content (AvgIpc) is 2.85. The average molecular weight is 483 g/mol. The van der Waals surface area contributed by atoms with Gasteiger partial charge >= 0.3 is 12.1 Å². The van der Waals surface area contributed by atoms with Crippen molar-refractivity contribution in [1.82, 2.24) is 15.6 Å². The van der Waals surface area contributed by atoms with Gasteiger partial charge in [-0.1, -0.05) is 30.3 Å². The molecule has 190 valence electrons. The van der Waals surface area contributed by atoms with Crippen LogP contribution in [-0.2, 0) is 20.9 Å². The fourth-order valence-corrected chi connectivity index (χ4v) is 4.04. The maximum atomic E-state index is 12.7. The Bertz CT molecular complexity index is 910. The molecule has 0 saturated carbocycles. The largest absolute Gasteiger partial charge is 0.458 e. The molecule has 2 aromatic rings. The number of carbonyl (C=O) groups is 2. The van der Waals surface area contributed by atoms with Gasteiger partial charge < -0.3 is 25.0 Å². The first-order chi connectivity index (χ1) is 16.8. The first kappa shape index (κ1) is 26.5. The summed E-state index contributed by atoms with van der Waals surface area (Å²) >= 11 is 0. The van der Waals surface area contributed by atoms with Crippen molar-refractivity contribution in [2.75, 3.05) is 24.5 Å². The van der Waals surface area contributed by atoms with E-state index in [1.165, 1.54) is 5.69 Å². The number of ether oxygens (including phenoxy) is 2. The summed E-state index contributed by atoms with van der Waals surface area (Å²) < 4.78 is 10.8. The fraction of sp³-hybridized carbons (Fsp3) is 0.519. The van der Waals surface area contributed by atoms with Crippen LogP contribution < -0.4 is 15.5 Å². The Balaban J connectivity index is 1.42. The molecule has 8 nitrogen and oxygen atoms in total. The fourth-order valence-electron chi connectivity index (χ4n) is 4.04. The van der Waals surface area contributed by atoms with Crippen molar-refractivity contribution in [2.45, 2.75) is 70.7 Å². The Hall–Kier alpha value is -3.13. The topological polar surface area (TPSA) is 92.8 Å². The third-order valence-corrected chi connectivity index (χ3v) is 5.82. The molecular weight excluding hydrogens is 444 g/mol. The number of aromatic nitrogens is 1. The minimum Gasteiger partial charge on any atom is -0.458 e. The lowest BCUT2D eigenvalue weighted by atomic mass is 10.0. The van der Waals surface area contributed by atoms with E-state index in [0.717, 1.165) is 44.5 Å². The third kappa shape index (κ3) is 9.56. The molecule has 35 heavy (non-hydrogen) atoms. The summed E-state index contributed by atoms with van der Waals surface area (Å²) in [5.74, 6) is -0.445. The molecule has 2 N–H and O–H groups in total. The van der Waals surface area contributed by atoms with Crippen LogP contribution in [0.3, 0.4) is 0 Å². The van der Waals surface area contributed by atoms with Crippen molar-refractivity contribution in [3.63, 3.8) is 0 Å². The number of hydrogen-bond donors (Lipinski definition) is 2. The summed E-state index contributed by atoms with van der Waals surface area (Å²) in [6.45, 7) is 8.35. The molecule has 1 amide bonds. The minimum atomic E-state index is -0.757. The van der Waals surface area contributed by atoms with Crippen LogP contribution in [0.15, 0.2) is 54.9 Å².